The highest BCUT2D eigenvalue weighted by Gasteiger charge is 2.20. The monoisotopic (exact) mass is 287 g/mol. The number of hydrogen-bond donors (Lipinski definition) is 1. The van der Waals surface area contributed by atoms with Crippen LogP contribution in [0, 0.1) is 5.92 Å². The van der Waals surface area contributed by atoms with E-state index in [9.17, 15) is 4.79 Å². The summed E-state index contributed by atoms with van der Waals surface area (Å²) in [7, 11) is 0. The van der Waals surface area contributed by atoms with Crippen LogP contribution >= 0.6 is 11.5 Å². The minimum Gasteiger partial charge on any atom is -0.326 e. The van der Waals surface area contributed by atoms with Crippen molar-refractivity contribution in [2.45, 2.75) is 32.1 Å². The summed E-state index contributed by atoms with van der Waals surface area (Å²) in [6.45, 7) is 0. The average Bonchev–Trinajstić information content (AvgIpc) is 3.03. The summed E-state index contributed by atoms with van der Waals surface area (Å²) < 4.78 is 3.85. The number of nitrogens with zero attached hydrogens (tertiary/aromatic N) is 2. The molecule has 3 rings (SSSR count). The first-order chi connectivity index (χ1) is 9.83. The van der Waals surface area contributed by atoms with Crippen LogP contribution in [0.15, 0.2) is 30.5 Å². The summed E-state index contributed by atoms with van der Waals surface area (Å²) in [5.74, 6) is 0.353. The zero-order valence-corrected chi connectivity index (χ0v) is 12.0. The van der Waals surface area contributed by atoms with E-state index < -0.39 is 0 Å². The van der Waals surface area contributed by atoms with Gasteiger partial charge in [-0.3, -0.25) is 4.79 Å². The smallest absolute Gasteiger partial charge is 0.227 e. The van der Waals surface area contributed by atoms with E-state index in [2.05, 4.69) is 14.9 Å². The fraction of sp³-hybridized carbons (Fsp3) is 0.400. The van der Waals surface area contributed by atoms with E-state index >= 15 is 0 Å². The van der Waals surface area contributed by atoms with Crippen molar-refractivity contribution in [2.24, 2.45) is 5.92 Å². The van der Waals surface area contributed by atoms with Crippen LogP contribution in [0.1, 0.15) is 32.1 Å². The maximum Gasteiger partial charge on any atom is 0.227 e. The zero-order valence-electron chi connectivity index (χ0n) is 11.2. The normalized spacial score (nSPS) is 16.0. The summed E-state index contributed by atoms with van der Waals surface area (Å²) in [6, 6.07) is 7.86. The van der Waals surface area contributed by atoms with Gasteiger partial charge in [0.05, 0.1) is 11.1 Å². The number of hydrogen-bond acceptors (Lipinski definition) is 4. The minimum absolute atomic E-state index is 0.164. The van der Waals surface area contributed by atoms with Crippen LogP contribution in [-0.2, 0) is 4.79 Å². The number of rotatable bonds is 3. The Hall–Kier alpha value is -1.75. The zero-order chi connectivity index (χ0) is 13.8. The lowest BCUT2D eigenvalue weighted by Crippen LogP contribution is -2.24. The van der Waals surface area contributed by atoms with E-state index in [1.165, 1.54) is 30.8 Å². The van der Waals surface area contributed by atoms with E-state index in [-0.39, 0.29) is 11.8 Å². The Balaban J connectivity index is 1.64. The van der Waals surface area contributed by atoms with Crippen LogP contribution < -0.4 is 5.32 Å². The molecule has 1 aromatic carbocycles. The summed E-state index contributed by atoms with van der Waals surface area (Å²) in [5.41, 5.74) is 1.94. The fourth-order valence-electron chi connectivity index (χ4n) is 2.62. The standard InChI is InChI=1S/C15H17N3OS/c19-15(12-4-2-1-3-5-12)17-13-8-6-11(7-9-13)14-10-16-18-20-14/h6-10,12H,1-5H2,(H,17,19). The molecule has 1 heterocycles. The van der Waals surface area contributed by atoms with Gasteiger partial charge in [0.25, 0.3) is 0 Å². The molecule has 1 aliphatic rings. The number of amides is 1. The van der Waals surface area contributed by atoms with E-state index in [1.54, 1.807) is 6.20 Å². The molecule has 0 atom stereocenters. The van der Waals surface area contributed by atoms with E-state index in [0.29, 0.717) is 0 Å². The molecular weight excluding hydrogens is 270 g/mol. The molecule has 4 nitrogen and oxygen atoms in total. The lowest BCUT2D eigenvalue weighted by Gasteiger charge is -2.20. The second kappa shape index (κ2) is 6.13. The Bertz CT molecular complexity index is 559. The van der Waals surface area contributed by atoms with Gasteiger partial charge in [0.1, 0.15) is 0 Å². The van der Waals surface area contributed by atoms with Crippen molar-refractivity contribution in [2.75, 3.05) is 5.32 Å². The van der Waals surface area contributed by atoms with Gasteiger partial charge in [-0.1, -0.05) is 35.9 Å². The van der Waals surface area contributed by atoms with Crippen molar-refractivity contribution < 1.29 is 4.79 Å². The number of anilines is 1. The summed E-state index contributed by atoms with van der Waals surface area (Å²) in [4.78, 5) is 13.2. The molecule has 5 heteroatoms. The molecule has 0 unspecified atom stereocenters. The molecule has 0 spiro atoms. The highest BCUT2D eigenvalue weighted by atomic mass is 32.1. The molecule has 20 heavy (non-hydrogen) atoms. The van der Waals surface area contributed by atoms with Gasteiger partial charge in [-0.15, -0.1) is 5.10 Å². The van der Waals surface area contributed by atoms with Gasteiger partial charge in [0.15, 0.2) is 0 Å². The average molecular weight is 287 g/mol. The van der Waals surface area contributed by atoms with Crippen molar-refractivity contribution in [1.82, 2.24) is 9.59 Å². The lowest BCUT2D eigenvalue weighted by molar-refractivity contribution is -0.120. The Morgan fingerprint density at radius 1 is 1.15 bits per heavy atom. The van der Waals surface area contributed by atoms with Crippen LogP contribution in [0.2, 0.25) is 0 Å². The highest BCUT2D eigenvalue weighted by molar-refractivity contribution is 7.09. The Kier molecular flexibility index (Phi) is 4.06. The second-order valence-electron chi connectivity index (χ2n) is 5.18. The van der Waals surface area contributed by atoms with Gasteiger partial charge in [-0.05, 0) is 42.1 Å². The Morgan fingerprint density at radius 2 is 1.90 bits per heavy atom. The maximum absolute atomic E-state index is 12.2. The fourth-order valence-corrected chi connectivity index (χ4v) is 3.14. The van der Waals surface area contributed by atoms with Crippen LogP contribution in [0.4, 0.5) is 5.69 Å². The Labute approximate surface area is 122 Å². The summed E-state index contributed by atoms with van der Waals surface area (Å²) in [6.07, 6.45) is 7.42. The number of carbonyl (C=O) groups excluding carboxylic acids is 1. The van der Waals surface area contributed by atoms with E-state index in [4.69, 9.17) is 0 Å². The molecule has 0 radical (unpaired) electrons. The molecule has 1 aromatic heterocycles. The maximum atomic E-state index is 12.2. The van der Waals surface area contributed by atoms with Gasteiger partial charge >= 0.3 is 0 Å². The summed E-state index contributed by atoms with van der Waals surface area (Å²) >= 11 is 1.37. The molecule has 0 aliphatic heterocycles. The molecule has 2 aromatic rings. The highest BCUT2D eigenvalue weighted by Crippen LogP contribution is 2.26. The van der Waals surface area contributed by atoms with Gasteiger partial charge in [0.2, 0.25) is 5.91 Å². The third-order valence-corrected chi connectivity index (χ3v) is 4.49. The number of nitrogens with one attached hydrogen (secondary N) is 1. The summed E-state index contributed by atoms with van der Waals surface area (Å²) in [5, 5.41) is 6.85. The van der Waals surface area contributed by atoms with Crippen molar-refractivity contribution in [3.63, 3.8) is 0 Å². The van der Waals surface area contributed by atoms with Crippen LogP contribution in [-0.4, -0.2) is 15.5 Å². The number of benzene rings is 1. The second-order valence-corrected chi connectivity index (χ2v) is 5.97. The molecular formula is C15H17N3OS. The van der Waals surface area contributed by atoms with Gasteiger partial charge in [0, 0.05) is 11.6 Å². The first-order valence-corrected chi connectivity index (χ1v) is 7.79. The van der Waals surface area contributed by atoms with Crippen LogP contribution in [0.3, 0.4) is 0 Å². The van der Waals surface area contributed by atoms with Gasteiger partial charge < -0.3 is 5.32 Å². The predicted octanol–water partition coefficient (Wildman–Crippen LogP) is 3.72. The molecule has 104 valence electrons. The van der Waals surface area contributed by atoms with Crippen molar-refractivity contribution >= 4 is 23.1 Å². The molecule has 1 N–H and O–H groups in total. The first kappa shape index (κ1) is 13.2. The Morgan fingerprint density at radius 3 is 2.55 bits per heavy atom. The predicted molar refractivity (Wildman–Crippen MR) is 80.5 cm³/mol. The largest absolute Gasteiger partial charge is 0.326 e. The minimum atomic E-state index is 0.164. The molecule has 1 saturated carbocycles. The first-order valence-electron chi connectivity index (χ1n) is 7.01. The van der Waals surface area contributed by atoms with E-state index in [1.807, 2.05) is 24.3 Å². The quantitative estimate of drug-likeness (QED) is 0.936. The molecule has 0 bridgehead atoms. The molecule has 1 aliphatic carbocycles. The van der Waals surface area contributed by atoms with Crippen molar-refractivity contribution in [3.05, 3.63) is 30.5 Å². The molecule has 1 fully saturated rings. The van der Waals surface area contributed by atoms with Gasteiger partial charge in [-0.2, -0.15) is 0 Å². The lowest BCUT2D eigenvalue weighted by atomic mass is 9.88. The van der Waals surface area contributed by atoms with Crippen LogP contribution in [0.25, 0.3) is 10.4 Å². The topological polar surface area (TPSA) is 54.9 Å². The number of aromatic nitrogens is 2. The third kappa shape index (κ3) is 3.04. The molecule has 0 saturated heterocycles. The van der Waals surface area contributed by atoms with Crippen LogP contribution in [0.5, 0.6) is 0 Å². The van der Waals surface area contributed by atoms with E-state index in [0.717, 1.165) is 29.0 Å². The van der Waals surface area contributed by atoms with Crippen molar-refractivity contribution in [3.8, 4) is 10.4 Å². The third-order valence-electron chi connectivity index (χ3n) is 3.77. The van der Waals surface area contributed by atoms with Crippen molar-refractivity contribution in [1.29, 1.82) is 0 Å². The van der Waals surface area contributed by atoms with Gasteiger partial charge in [-0.25, -0.2) is 0 Å². The number of carbonyl (C=O) groups is 1. The molecule has 1 amide bonds. The SMILES string of the molecule is O=C(Nc1ccc(-c2cnns2)cc1)C1CCCCC1.